The van der Waals surface area contributed by atoms with Gasteiger partial charge in [-0.2, -0.15) is 0 Å². The molecule has 0 fully saturated rings. The van der Waals surface area contributed by atoms with E-state index >= 15 is 0 Å². The molecule has 0 aliphatic carbocycles. The van der Waals surface area contributed by atoms with E-state index in [1.54, 1.807) is 48.5 Å². The van der Waals surface area contributed by atoms with Gasteiger partial charge >= 0.3 is 5.97 Å². The highest BCUT2D eigenvalue weighted by Gasteiger charge is 2.10. The van der Waals surface area contributed by atoms with Crippen LogP contribution >= 0.6 is 0 Å². The number of ether oxygens (including phenoxy) is 2. The Bertz CT molecular complexity index is 924. The predicted octanol–water partition coefficient (Wildman–Crippen LogP) is 3.58. The molecule has 0 aromatic heterocycles. The first kappa shape index (κ1) is 23.6. The lowest BCUT2D eigenvalue weighted by Crippen LogP contribution is -2.21. The Morgan fingerprint density at radius 2 is 1.58 bits per heavy atom. The minimum atomic E-state index is -0.568. The Hall–Kier alpha value is -3.68. The van der Waals surface area contributed by atoms with Crippen molar-refractivity contribution in [1.29, 1.82) is 0 Å². The molecule has 8 heteroatoms. The Kier molecular flexibility index (Phi) is 9.22. The fourth-order valence-electron chi connectivity index (χ4n) is 2.65. The van der Waals surface area contributed by atoms with Crippen molar-refractivity contribution in [3.8, 4) is 5.75 Å². The van der Waals surface area contributed by atoms with Gasteiger partial charge < -0.3 is 20.1 Å². The van der Waals surface area contributed by atoms with Gasteiger partial charge in [0, 0.05) is 29.8 Å². The summed E-state index contributed by atoms with van der Waals surface area (Å²) in [4.78, 5) is 47.0. The van der Waals surface area contributed by atoms with Crippen molar-refractivity contribution in [2.24, 2.45) is 0 Å². The molecular weight excluding hydrogens is 400 g/mol. The molecule has 31 heavy (non-hydrogen) atoms. The summed E-state index contributed by atoms with van der Waals surface area (Å²) < 4.78 is 10.3. The van der Waals surface area contributed by atoms with E-state index in [4.69, 9.17) is 9.47 Å². The number of nitrogens with one attached hydrogen (secondary N) is 2. The van der Waals surface area contributed by atoms with Gasteiger partial charge in [-0.25, -0.2) is 0 Å². The van der Waals surface area contributed by atoms with Crippen molar-refractivity contribution >= 4 is 34.9 Å². The molecule has 0 atom stereocenters. The van der Waals surface area contributed by atoms with Crippen LogP contribution in [0.2, 0.25) is 0 Å². The molecule has 0 heterocycles. The second-order valence-corrected chi connectivity index (χ2v) is 6.70. The number of ketones is 1. The van der Waals surface area contributed by atoms with Gasteiger partial charge in [0.05, 0.1) is 6.61 Å². The first-order chi connectivity index (χ1) is 14.9. The van der Waals surface area contributed by atoms with Crippen LogP contribution in [0.1, 0.15) is 43.5 Å². The van der Waals surface area contributed by atoms with E-state index in [1.807, 2.05) is 6.92 Å². The van der Waals surface area contributed by atoms with E-state index in [0.717, 1.165) is 5.75 Å². The second kappa shape index (κ2) is 12.1. The van der Waals surface area contributed by atoms with E-state index in [9.17, 15) is 19.2 Å². The molecule has 2 aromatic rings. The third kappa shape index (κ3) is 8.69. The fraction of sp³-hybridized carbons (Fsp3) is 0.304. The first-order valence-electron chi connectivity index (χ1n) is 9.96. The standard InChI is InChI=1S/C23H26N2O6/c1-3-30-20-12-10-18(11-13-20)24-21(27)8-5-9-23(29)31-15-22(28)25-19-7-4-6-17(14-19)16(2)26/h4,6-7,10-14H,3,5,8-9,15H2,1-2H3,(H,24,27)(H,25,28). The topological polar surface area (TPSA) is 111 Å². The summed E-state index contributed by atoms with van der Waals surface area (Å²) in [5.41, 5.74) is 1.56. The second-order valence-electron chi connectivity index (χ2n) is 6.70. The van der Waals surface area contributed by atoms with Crippen LogP contribution in [0.25, 0.3) is 0 Å². The largest absolute Gasteiger partial charge is 0.494 e. The molecule has 0 saturated heterocycles. The van der Waals surface area contributed by atoms with Crippen molar-refractivity contribution in [1.82, 2.24) is 0 Å². The highest BCUT2D eigenvalue weighted by Crippen LogP contribution is 2.16. The molecule has 164 valence electrons. The summed E-state index contributed by atoms with van der Waals surface area (Å²) >= 11 is 0. The highest BCUT2D eigenvalue weighted by atomic mass is 16.5. The Morgan fingerprint density at radius 3 is 2.26 bits per heavy atom. The van der Waals surface area contributed by atoms with E-state index in [0.29, 0.717) is 30.0 Å². The van der Waals surface area contributed by atoms with Gasteiger partial charge in [-0.15, -0.1) is 0 Å². The molecule has 2 N–H and O–H groups in total. The van der Waals surface area contributed by atoms with Crippen LogP contribution in [-0.4, -0.2) is 36.8 Å². The Balaban J connectivity index is 1.65. The molecule has 0 radical (unpaired) electrons. The highest BCUT2D eigenvalue weighted by molar-refractivity contribution is 5.97. The number of Topliss-reactive ketones (excluding diaryl/α,β-unsaturated/α-hetero) is 1. The molecule has 2 aromatic carbocycles. The molecule has 0 saturated carbocycles. The first-order valence-corrected chi connectivity index (χ1v) is 9.96. The zero-order chi connectivity index (χ0) is 22.6. The van der Waals surface area contributed by atoms with Crippen molar-refractivity contribution < 1.29 is 28.7 Å². The van der Waals surface area contributed by atoms with Crippen LogP contribution in [0.4, 0.5) is 11.4 Å². The summed E-state index contributed by atoms with van der Waals surface area (Å²) in [6.45, 7) is 3.45. The van der Waals surface area contributed by atoms with Crippen LogP contribution in [0.5, 0.6) is 5.75 Å². The maximum Gasteiger partial charge on any atom is 0.306 e. The third-order valence-corrected chi connectivity index (χ3v) is 4.15. The van der Waals surface area contributed by atoms with Crippen LogP contribution in [0.3, 0.4) is 0 Å². The smallest absolute Gasteiger partial charge is 0.306 e. The number of amides is 2. The van der Waals surface area contributed by atoms with Gasteiger partial charge in [-0.05, 0) is 56.7 Å². The summed E-state index contributed by atoms with van der Waals surface area (Å²) in [6, 6.07) is 13.5. The van der Waals surface area contributed by atoms with Crippen LogP contribution in [0.15, 0.2) is 48.5 Å². The molecule has 0 aliphatic heterocycles. The van der Waals surface area contributed by atoms with Gasteiger partial charge in [0.25, 0.3) is 5.91 Å². The number of hydrogen-bond donors (Lipinski definition) is 2. The van der Waals surface area contributed by atoms with Gasteiger partial charge in [-0.1, -0.05) is 12.1 Å². The molecule has 0 bridgehead atoms. The Labute approximate surface area is 180 Å². The summed E-state index contributed by atoms with van der Waals surface area (Å²) in [5, 5.41) is 5.30. The summed E-state index contributed by atoms with van der Waals surface area (Å²) in [5.74, 6) is -0.697. The van der Waals surface area contributed by atoms with Crippen LogP contribution in [0, 0.1) is 0 Å². The van der Waals surface area contributed by atoms with Crippen molar-refractivity contribution in [3.05, 3.63) is 54.1 Å². The number of anilines is 2. The molecule has 0 spiro atoms. The van der Waals surface area contributed by atoms with Crippen LogP contribution < -0.4 is 15.4 Å². The average molecular weight is 426 g/mol. The van der Waals surface area contributed by atoms with E-state index in [2.05, 4.69) is 10.6 Å². The number of benzene rings is 2. The lowest BCUT2D eigenvalue weighted by atomic mass is 10.1. The minimum absolute atomic E-state index is 0.0177. The molecular formula is C23H26N2O6. The molecule has 0 unspecified atom stereocenters. The summed E-state index contributed by atoms with van der Waals surface area (Å²) in [7, 11) is 0. The maximum atomic E-state index is 12.0. The van der Waals surface area contributed by atoms with Crippen LogP contribution in [-0.2, 0) is 19.1 Å². The van der Waals surface area contributed by atoms with E-state index in [1.165, 1.54) is 6.92 Å². The summed E-state index contributed by atoms with van der Waals surface area (Å²) in [6.07, 6.45) is 0.458. The lowest BCUT2D eigenvalue weighted by molar-refractivity contribution is -0.147. The molecule has 2 rings (SSSR count). The number of rotatable bonds is 11. The molecule has 8 nitrogen and oxygen atoms in total. The van der Waals surface area contributed by atoms with Gasteiger partial charge in [-0.3, -0.25) is 19.2 Å². The van der Waals surface area contributed by atoms with Gasteiger partial charge in [0.1, 0.15) is 5.75 Å². The minimum Gasteiger partial charge on any atom is -0.494 e. The van der Waals surface area contributed by atoms with Gasteiger partial charge in [0.15, 0.2) is 12.4 Å². The van der Waals surface area contributed by atoms with Crippen molar-refractivity contribution in [2.45, 2.75) is 33.1 Å². The predicted molar refractivity (Wildman–Crippen MR) is 116 cm³/mol. The quantitative estimate of drug-likeness (QED) is 0.420. The number of carbonyl (C=O) groups excluding carboxylic acids is 4. The zero-order valence-corrected chi connectivity index (χ0v) is 17.6. The average Bonchev–Trinajstić information content (AvgIpc) is 2.74. The number of hydrogen-bond acceptors (Lipinski definition) is 6. The molecule has 0 aliphatic rings. The number of carbonyl (C=O) groups is 4. The fourth-order valence-corrected chi connectivity index (χ4v) is 2.65. The SMILES string of the molecule is CCOc1ccc(NC(=O)CCCC(=O)OCC(=O)Nc2cccc(C(C)=O)c2)cc1. The normalized spacial score (nSPS) is 10.1. The van der Waals surface area contributed by atoms with E-state index < -0.39 is 18.5 Å². The number of esters is 1. The van der Waals surface area contributed by atoms with Crippen molar-refractivity contribution in [3.63, 3.8) is 0 Å². The third-order valence-electron chi connectivity index (χ3n) is 4.15. The lowest BCUT2D eigenvalue weighted by Gasteiger charge is -2.08. The monoisotopic (exact) mass is 426 g/mol. The molecule has 2 amide bonds. The zero-order valence-electron chi connectivity index (χ0n) is 17.6. The van der Waals surface area contributed by atoms with E-state index in [-0.39, 0.29) is 24.5 Å². The van der Waals surface area contributed by atoms with Crippen molar-refractivity contribution in [2.75, 3.05) is 23.8 Å². The maximum absolute atomic E-state index is 12.0. The van der Waals surface area contributed by atoms with Gasteiger partial charge in [0.2, 0.25) is 5.91 Å². The Morgan fingerprint density at radius 1 is 0.871 bits per heavy atom.